The van der Waals surface area contributed by atoms with E-state index in [-0.39, 0.29) is 18.9 Å². The molecule has 3 aromatic carbocycles. The Morgan fingerprint density at radius 1 is 0.927 bits per heavy atom. The van der Waals surface area contributed by atoms with Gasteiger partial charge in [-0.25, -0.2) is 4.98 Å². The molecule has 214 valence electrons. The van der Waals surface area contributed by atoms with Crippen molar-refractivity contribution in [1.82, 2.24) is 10.3 Å². The number of nitrogens with one attached hydrogen (secondary N) is 1. The average Bonchev–Trinajstić information content (AvgIpc) is 3.36. The van der Waals surface area contributed by atoms with Crippen LogP contribution in [0.1, 0.15) is 71.1 Å². The fraction of sp³-hybridized carbons (Fsp3) is 0.324. The van der Waals surface area contributed by atoms with Gasteiger partial charge in [-0.15, -0.1) is 0 Å². The van der Waals surface area contributed by atoms with Crippen molar-refractivity contribution in [1.29, 1.82) is 0 Å². The molecule has 0 aliphatic rings. The van der Waals surface area contributed by atoms with Crippen LogP contribution in [0.15, 0.2) is 77.2 Å². The van der Waals surface area contributed by atoms with E-state index < -0.39 is 5.97 Å². The van der Waals surface area contributed by atoms with E-state index in [0.717, 1.165) is 41.0 Å². The van der Waals surface area contributed by atoms with E-state index in [1.165, 1.54) is 18.4 Å². The number of aryl methyl sites for hydroxylation is 3. The third-order valence-electron chi connectivity index (χ3n) is 7.03. The van der Waals surface area contributed by atoms with Crippen molar-refractivity contribution in [2.75, 3.05) is 6.61 Å². The lowest BCUT2D eigenvalue weighted by Crippen LogP contribution is -2.23. The summed E-state index contributed by atoms with van der Waals surface area (Å²) < 4.78 is 11.9. The second kappa shape index (κ2) is 14.8. The molecule has 0 fully saturated rings. The van der Waals surface area contributed by atoms with Crippen LogP contribution >= 0.6 is 0 Å². The highest BCUT2D eigenvalue weighted by atomic mass is 16.5. The molecule has 7 nitrogen and oxygen atoms in total. The third-order valence-corrected chi connectivity index (χ3v) is 7.03. The molecule has 0 saturated carbocycles. The molecule has 0 saturated heterocycles. The Kier molecular flexibility index (Phi) is 10.7. The number of nitrogens with zero attached hydrogens (tertiary/aromatic N) is 1. The van der Waals surface area contributed by atoms with Gasteiger partial charge in [-0.1, -0.05) is 56.2 Å². The predicted molar refractivity (Wildman–Crippen MR) is 159 cm³/mol. The van der Waals surface area contributed by atoms with Crippen LogP contribution in [0.4, 0.5) is 0 Å². The van der Waals surface area contributed by atoms with Crippen molar-refractivity contribution in [2.24, 2.45) is 0 Å². The molecule has 0 bridgehead atoms. The van der Waals surface area contributed by atoms with Gasteiger partial charge in [0.2, 0.25) is 5.89 Å². The normalized spacial score (nSPS) is 10.9. The van der Waals surface area contributed by atoms with Gasteiger partial charge in [-0.3, -0.25) is 9.59 Å². The molecule has 0 atom stereocenters. The molecule has 1 aromatic heterocycles. The van der Waals surface area contributed by atoms with Crippen LogP contribution in [0.3, 0.4) is 0 Å². The number of oxazole rings is 1. The lowest BCUT2D eigenvalue weighted by molar-refractivity contribution is -0.136. The largest absolute Gasteiger partial charge is 0.493 e. The molecule has 0 aliphatic heterocycles. The number of carboxylic acids is 1. The first-order valence-corrected chi connectivity index (χ1v) is 14.3. The third kappa shape index (κ3) is 8.80. The highest BCUT2D eigenvalue weighted by molar-refractivity contribution is 5.94. The number of benzene rings is 3. The van der Waals surface area contributed by atoms with E-state index in [1.807, 2.05) is 79.7 Å². The second-order valence-electron chi connectivity index (χ2n) is 10.1. The summed E-state index contributed by atoms with van der Waals surface area (Å²) >= 11 is 0. The molecular formula is C34H38N2O5. The maximum atomic E-state index is 12.9. The Labute approximate surface area is 241 Å². The first-order chi connectivity index (χ1) is 19.9. The van der Waals surface area contributed by atoms with Crippen LogP contribution in [0.5, 0.6) is 5.75 Å². The number of ether oxygens (including phenoxy) is 1. The second-order valence-corrected chi connectivity index (χ2v) is 10.1. The lowest BCUT2D eigenvalue weighted by Gasteiger charge is -2.14. The highest BCUT2D eigenvalue weighted by Gasteiger charge is 2.13. The SMILES string of the molecule is CCCCCc1ccc(C(=O)NCc2cc(OCCc3nc(-c4ccccc4)oc3C)ccc2CCC(=O)O)cc1. The van der Waals surface area contributed by atoms with E-state index in [4.69, 9.17) is 9.15 Å². The highest BCUT2D eigenvalue weighted by Crippen LogP contribution is 2.23. The molecule has 1 heterocycles. The number of carbonyl (C=O) groups excluding carboxylic acids is 1. The summed E-state index contributed by atoms with van der Waals surface area (Å²) in [5, 5.41) is 12.2. The summed E-state index contributed by atoms with van der Waals surface area (Å²) in [6.07, 6.45) is 5.49. The number of hydrogen-bond donors (Lipinski definition) is 2. The zero-order valence-electron chi connectivity index (χ0n) is 23.8. The molecule has 4 rings (SSSR count). The van der Waals surface area contributed by atoms with Crippen LogP contribution in [-0.4, -0.2) is 28.6 Å². The van der Waals surface area contributed by atoms with Crippen LogP contribution in [0.25, 0.3) is 11.5 Å². The standard InChI is InChI=1S/C34H38N2O5/c1-3-4-6-9-25-12-14-27(15-13-25)33(39)35-23-29-22-30(18-16-26(29)17-19-32(37)38)40-21-20-31-24(2)41-34(36-31)28-10-7-5-8-11-28/h5,7-8,10-16,18,22H,3-4,6,9,17,19-21,23H2,1-2H3,(H,35,39)(H,37,38). The molecule has 4 aromatic rings. The monoisotopic (exact) mass is 554 g/mol. The van der Waals surface area contributed by atoms with Gasteiger partial charge in [0, 0.05) is 30.5 Å². The lowest BCUT2D eigenvalue weighted by atomic mass is 10.0. The molecule has 0 unspecified atom stereocenters. The summed E-state index contributed by atoms with van der Waals surface area (Å²) in [7, 11) is 0. The fourth-order valence-electron chi connectivity index (χ4n) is 4.65. The van der Waals surface area contributed by atoms with Crippen LogP contribution in [0, 0.1) is 6.92 Å². The smallest absolute Gasteiger partial charge is 0.303 e. The summed E-state index contributed by atoms with van der Waals surface area (Å²) in [5.41, 5.74) is 5.29. The molecule has 41 heavy (non-hydrogen) atoms. The molecular weight excluding hydrogens is 516 g/mol. The molecule has 0 radical (unpaired) electrons. The number of rotatable bonds is 15. The van der Waals surface area contributed by atoms with E-state index in [9.17, 15) is 14.7 Å². The van der Waals surface area contributed by atoms with Crippen molar-refractivity contribution in [3.63, 3.8) is 0 Å². The number of aliphatic carboxylic acids is 1. The zero-order valence-corrected chi connectivity index (χ0v) is 23.8. The summed E-state index contributed by atoms with van der Waals surface area (Å²) in [6, 6.07) is 23.1. The summed E-state index contributed by atoms with van der Waals surface area (Å²) in [6.45, 7) is 4.74. The van der Waals surface area contributed by atoms with Gasteiger partial charge < -0.3 is 19.6 Å². The van der Waals surface area contributed by atoms with E-state index >= 15 is 0 Å². The number of aromatic nitrogens is 1. The maximum Gasteiger partial charge on any atom is 0.303 e. The quantitative estimate of drug-likeness (QED) is 0.154. The van der Waals surface area contributed by atoms with Gasteiger partial charge in [-0.2, -0.15) is 0 Å². The molecule has 0 aliphatic carbocycles. The first-order valence-electron chi connectivity index (χ1n) is 14.3. The Hall–Kier alpha value is -4.39. The van der Waals surface area contributed by atoms with Gasteiger partial charge >= 0.3 is 5.97 Å². The first kappa shape index (κ1) is 29.6. The number of carboxylic acid groups (broad SMARTS) is 1. The number of carbonyl (C=O) groups is 2. The van der Waals surface area contributed by atoms with E-state index in [2.05, 4.69) is 17.2 Å². The van der Waals surface area contributed by atoms with Crippen LogP contribution in [-0.2, 0) is 30.6 Å². The summed E-state index contributed by atoms with van der Waals surface area (Å²) in [5.74, 6) is 0.960. The summed E-state index contributed by atoms with van der Waals surface area (Å²) in [4.78, 5) is 28.7. The molecule has 7 heteroatoms. The van der Waals surface area contributed by atoms with E-state index in [1.54, 1.807) is 0 Å². The molecule has 1 amide bonds. The maximum absolute atomic E-state index is 12.9. The van der Waals surface area contributed by atoms with Gasteiger partial charge in [0.25, 0.3) is 5.91 Å². The van der Waals surface area contributed by atoms with E-state index in [0.29, 0.717) is 36.7 Å². The Morgan fingerprint density at radius 3 is 2.44 bits per heavy atom. The Bertz CT molecular complexity index is 1430. The topological polar surface area (TPSA) is 102 Å². The number of amides is 1. The minimum absolute atomic E-state index is 0.00975. The minimum atomic E-state index is -0.864. The van der Waals surface area contributed by atoms with Crippen molar-refractivity contribution in [3.8, 4) is 17.2 Å². The van der Waals surface area contributed by atoms with Crippen LogP contribution < -0.4 is 10.1 Å². The van der Waals surface area contributed by atoms with Gasteiger partial charge in [-0.05, 0) is 79.3 Å². The van der Waals surface area contributed by atoms with Crippen molar-refractivity contribution < 1.29 is 23.8 Å². The van der Waals surface area contributed by atoms with Gasteiger partial charge in [0.1, 0.15) is 11.5 Å². The van der Waals surface area contributed by atoms with Gasteiger partial charge in [0.15, 0.2) is 0 Å². The Morgan fingerprint density at radius 2 is 1.71 bits per heavy atom. The molecule has 2 N–H and O–H groups in total. The van der Waals surface area contributed by atoms with Gasteiger partial charge in [0.05, 0.1) is 12.3 Å². The van der Waals surface area contributed by atoms with Crippen LogP contribution in [0.2, 0.25) is 0 Å². The number of unbranched alkanes of at least 4 members (excludes halogenated alkanes) is 2. The Balaban J connectivity index is 1.38. The predicted octanol–water partition coefficient (Wildman–Crippen LogP) is 6.95. The number of hydrogen-bond acceptors (Lipinski definition) is 5. The fourth-order valence-corrected chi connectivity index (χ4v) is 4.65. The van der Waals surface area contributed by atoms with Crippen molar-refractivity contribution in [3.05, 3.63) is 107 Å². The average molecular weight is 555 g/mol. The van der Waals surface area contributed by atoms with Crippen molar-refractivity contribution >= 4 is 11.9 Å². The van der Waals surface area contributed by atoms with Crippen molar-refractivity contribution in [2.45, 2.75) is 65.3 Å². The zero-order chi connectivity index (χ0) is 29.0. The minimum Gasteiger partial charge on any atom is -0.493 e. The molecule has 0 spiro atoms.